The van der Waals surface area contributed by atoms with Gasteiger partial charge in [0.25, 0.3) is 5.91 Å². The first kappa shape index (κ1) is 22.1. The summed E-state index contributed by atoms with van der Waals surface area (Å²) < 4.78 is 6.70. The zero-order valence-electron chi connectivity index (χ0n) is 16.5. The maximum atomic E-state index is 12.4. The highest BCUT2D eigenvalue weighted by molar-refractivity contribution is 14.1. The molecule has 0 aliphatic carbocycles. The molecule has 0 atom stereocenters. The van der Waals surface area contributed by atoms with Crippen molar-refractivity contribution in [3.05, 3.63) is 104 Å². The van der Waals surface area contributed by atoms with Gasteiger partial charge in [-0.25, -0.2) is 0 Å². The average Bonchev–Trinajstić information content (AvgIpc) is 2.81. The highest BCUT2D eigenvalue weighted by atomic mass is 127. The second-order valence-corrected chi connectivity index (χ2v) is 7.75. The van der Waals surface area contributed by atoms with E-state index in [1.165, 1.54) is 0 Å². The maximum Gasteiger partial charge on any atom is 0.262 e. The summed E-state index contributed by atoms with van der Waals surface area (Å²) in [5.41, 5.74) is 3.11. The summed E-state index contributed by atoms with van der Waals surface area (Å²) in [6.07, 6.45) is 1.55. The van der Waals surface area contributed by atoms with E-state index in [4.69, 9.17) is 4.74 Å². The van der Waals surface area contributed by atoms with E-state index in [2.05, 4.69) is 34.0 Å². The van der Waals surface area contributed by atoms with Crippen molar-refractivity contribution in [2.45, 2.75) is 13.2 Å². The molecule has 0 saturated heterocycles. The molecule has 0 unspecified atom stereocenters. The first-order valence-corrected chi connectivity index (χ1v) is 10.5. The van der Waals surface area contributed by atoms with Crippen LogP contribution in [0.1, 0.15) is 22.3 Å². The fraction of sp³-hybridized carbons (Fsp3) is 0.0800. The van der Waals surface area contributed by atoms with Crippen molar-refractivity contribution in [3.63, 3.8) is 0 Å². The van der Waals surface area contributed by atoms with Crippen molar-refractivity contribution in [1.82, 2.24) is 5.32 Å². The number of nitrogens with one attached hydrogen (secondary N) is 1. The summed E-state index contributed by atoms with van der Waals surface area (Å²) >= 11 is 2.14. The van der Waals surface area contributed by atoms with Crippen LogP contribution in [-0.4, -0.2) is 5.91 Å². The minimum atomic E-state index is -0.421. The molecule has 3 aromatic carbocycles. The monoisotopic (exact) mass is 519 g/mol. The van der Waals surface area contributed by atoms with Crippen molar-refractivity contribution < 1.29 is 9.53 Å². The number of rotatable bonds is 7. The molecule has 0 spiro atoms. The van der Waals surface area contributed by atoms with Crippen LogP contribution < -0.4 is 10.1 Å². The van der Waals surface area contributed by atoms with Gasteiger partial charge in [-0.2, -0.15) is 10.5 Å². The normalized spacial score (nSPS) is 10.6. The van der Waals surface area contributed by atoms with Crippen molar-refractivity contribution in [2.75, 3.05) is 0 Å². The Kier molecular flexibility index (Phi) is 7.80. The Morgan fingerprint density at radius 1 is 1.03 bits per heavy atom. The number of carbonyl (C=O) groups excluding carboxylic acids is 1. The zero-order chi connectivity index (χ0) is 22.1. The Balaban J connectivity index is 1.67. The van der Waals surface area contributed by atoms with Gasteiger partial charge < -0.3 is 10.1 Å². The van der Waals surface area contributed by atoms with Gasteiger partial charge in [0.15, 0.2) is 0 Å². The molecular formula is C25H18IN3O2. The van der Waals surface area contributed by atoms with E-state index in [-0.39, 0.29) is 12.2 Å². The molecule has 1 N–H and O–H groups in total. The second kappa shape index (κ2) is 11.0. The van der Waals surface area contributed by atoms with Gasteiger partial charge in [0.2, 0.25) is 0 Å². The van der Waals surface area contributed by atoms with Crippen molar-refractivity contribution >= 4 is 34.6 Å². The van der Waals surface area contributed by atoms with E-state index in [1.54, 1.807) is 24.3 Å². The molecule has 0 radical (unpaired) electrons. The van der Waals surface area contributed by atoms with Gasteiger partial charge in [0, 0.05) is 12.1 Å². The summed E-state index contributed by atoms with van der Waals surface area (Å²) in [6.45, 7) is 0.632. The Morgan fingerprint density at radius 3 is 2.48 bits per heavy atom. The molecule has 152 valence electrons. The first-order chi connectivity index (χ1) is 15.1. The quantitative estimate of drug-likeness (QED) is 0.272. The lowest BCUT2D eigenvalue weighted by atomic mass is 10.1. The molecule has 3 rings (SSSR count). The van der Waals surface area contributed by atoms with Gasteiger partial charge in [-0.1, -0.05) is 54.6 Å². The van der Waals surface area contributed by atoms with Crippen molar-refractivity contribution in [2.24, 2.45) is 0 Å². The number of ether oxygens (including phenoxy) is 1. The standard InChI is InChI=1S/C25H18IN3O2/c26-23-13-19(10-11-24(23)31-17-21-9-5-4-8-20(21)14-27)12-22(15-28)25(30)29-16-18-6-2-1-3-7-18/h1-13H,16-17H2,(H,29,30)/b22-12-. The summed E-state index contributed by atoms with van der Waals surface area (Å²) in [4.78, 5) is 12.4. The number of amides is 1. The molecule has 5 nitrogen and oxygen atoms in total. The van der Waals surface area contributed by atoms with E-state index in [1.807, 2.05) is 60.7 Å². The summed E-state index contributed by atoms with van der Waals surface area (Å²) in [6, 6.07) is 26.3. The first-order valence-electron chi connectivity index (χ1n) is 9.45. The highest BCUT2D eigenvalue weighted by Gasteiger charge is 2.10. The number of nitrogens with zero attached hydrogens (tertiary/aromatic N) is 2. The predicted molar refractivity (Wildman–Crippen MR) is 127 cm³/mol. The molecule has 3 aromatic rings. The molecule has 0 bridgehead atoms. The van der Waals surface area contributed by atoms with Crippen LogP contribution in [0.2, 0.25) is 0 Å². The van der Waals surface area contributed by atoms with E-state index in [9.17, 15) is 15.3 Å². The molecule has 0 heterocycles. The summed E-state index contributed by atoms with van der Waals surface area (Å²) in [7, 11) is 0. The van der Waals surface area contributed by atoms with Gasteiger partial charge in [-0.15, -0.1) is 0 Å². The van der Waals surface area contributed by atoms with Gasteiger partial charge >= 0.3 is 0 Å². The molecule has 0 saturated carbocycles. The van der Waals surface area contributed by atoms with Crippen LogP contribution in [0.25, 0.3) is 6.08 Å². The SMILES string of the molecule is N#C/C(=C/c1ccc(OCc2ccccc2C#N)c(I)c1)C(=O)NCc1ccccc1. The smallest absolute Gasteiger partial charge is 0.262 e. The molecule has 0 aromatic heterocycles. The van der Waals surface area contributed by atoms with Crippen LogP contribution >= 0.6 is 22.6 Å². The Hall–Kier alpha value is -3.62. The van der Waals surface area contributed by atoms with Crippen molar-refractivity contribution in [3.8, 4) is 17.9 Å². The molecule has 0 fully saturated rings. The number of halogens is 1. The third-order valence-electron chi connectivity index (χ3n) is 4.45. The lowest BCUT2D eigenvalue weighted by Gasteiger charge is -2.10. The third-order valence-corrected chi connectivity index (χ3v) is 5.29. The largest absolute Gasteiger partial charge is 0.488 e. The molecule has 0 aliphatic rings. The minimum absolute atomic E-state index is 0.0309. The van der Waals surface area contributed by atoms with Crippen molar-refractivity contribution in [1.29, 1.82) is 10.5 Å². The fourth-order valence-corrected chi connectivity index (χ4v) is 3.52. The molecular weight excluding hydrogens is 501 g/mol. The minimum Gasteiger partial charge on any atom is -0.488 e. The predicted octanol–water partition coefficient (Wildman–Crippen LogP) is 4.97. The number of hydrogen-bond donors (Lipinski definition) is 1. The third kappa shape index (κ3) is 6.18. The molecule has 0 aliphatic heterocycles. The van der Waals surface area contributed by atoms with Crippen LogP contribution in [0.5, 0.6) is 5.75 Å². The van der Waals surface area contributed by atoms with Crippen LogP contribution in [0.3, 0.4) is 0 Å². The Bertz CT molecular complexity index is 1190. The van der Waals surface area contributed by atoms with E-state index in [0.717, 1.165) is 20.3 Å². The van der Waals surface area contributed by atoms with Crippen LogP contribution in [0.15, 0.2) is 78.4 Å². The average molecular weight is 519 g/mol. The molecule has 6 heteroatoms. The highest BCUT2D eigenvalue weighted by Crippen LogP contribution is 2.24. The van der Waals surface area contributed by atoms with Gasteiger partial charge in [-0.05, 0) is 58.0 Å². The van der Waals surface area contributed by atoms with Gasteiger partial charge in [0.1, 0.15) is 24.0 Å². The van der Waals surface area contributed by atoms with E-state index >= 15 is 0 Å². The topological polar surface area (TPSA) is 85.9 Å². The Labute approximate surface area is 194 Å². The fourth-order valence-electron chi connectivity index (χ4n) is 2.82. The molecule has 1 amide bonds. The number of carbonyl (C=O) groups is 1. The number of nitriles is 2. The summed E-state index contributed by atoms with van der Waals surface area (Å²) in [5, 5.41) is 21.4. The van der Waals surface area contributed by atoms with E-state index in [0.29, 0.717) is 17.9 Å². The maximum absolute atomic E-state index is 12.4. The second-order valence-electron chi connectivity index (χ2n) is 6.59. The van der Waals surface area contributed by atoms with Gasteiger partial charge in [-0.3, -0.25) is 4.79 Å². The van der Waals surface area contributed by atoms with Crippen LogP contribution in [0, 0.1) is 26.2 Å². The van der Waals surface area contributed by atoms with Crippen LogP contribution in [0.4, 0.5) is 0 Å². The zero-order valence-corrected chi connectivity index (χ0v) is 18.7. The van der Waals surface area contributed by atoms with E-state index < -0.39 is 5.91 Å². The lowest BCUT2D eigenvalue weighted by Crippen LogP contribution is -2.23. The van der Waals surface area contributed by atoms with Gasteiger partial charge in [0.05, 0.1) is 15.2 Å². The summed E-state index contributed by atoms with van der Waals surface area (Å²) in [5.74, 6) is 0.243. The Morgan fingerprint density at radius 2 is 1.77 bits per heavy atom. The number of hydrogen-bond acceptors (Lipinski definition) is 4. The number of benzene rings is 3. The lowest BCUT2D eigenvalue weighted by molar-refractivity contribution is -0.117. The van der Waals surface area contributed by atoms with Crippen LogP contribution in [-0.2, 0) is 17.9 Å². The molecule has 31 heavy (non-hydrogen) atoms.